The Morgan fingerprint density at radius 3 is 2.23 bits per heavy atom. The van der Waals surface area contributed by atoms with E-state index in [1.54, 1.807) is 20.8 Å². The van der Waals surface area contributed by atoms with Crippen LogP contribution < -0.4 is 10.2 Å². The minimum Gasteiger partial charge on any atom is -0.491 e. The summed E-state index contributed by atoms with van der Waals surface area (Å²) in [7, 11) is 1.90. The van der Waals surface area contributed by atoms with Crippen LogP contribution in [0.2, 0.25) is 0 Å². The molecule has 11 heteroatoms. The van der Waals surface area contributed by atoms with Crippen LogP contribution in [0.3, 0.4) is 0 Å². The van der Waals surface area contributed by atoms with E-state index in [-0.39, 0.29) is 29.4 Å². The van der Waals surface area contributed by atoms with Crippen molar-refractivity contribution in [1.82, 2.24) is 14.3 Å². The fourth-order valence-corrected chi connectivity index (χ4v) is 4.65. The summed E-state index contributed by atoms with van der Waals surface area (Å²) < 4.78 is 55.9. The molecule has 2 heterocycles. The van der Waals surface area contributed by atoms with Crippen molar-refractivity contribution >= 4 is 12.0 Å². The number of rotatable bonds is 6. The highest BCUT2D eigenvalue weighted by Gasteiger charge is 2.37. The topological polar surface area (TPSA) is 78.1 Å². The lowest BCUT2D eigenvalue weighted by molar-refractivity contribution is -0.137. The average molecular weight is 565 g/mol. The van der Waals surface area contributed by atoms with Gasteiger partial charge in [0.05, 0.1) is 17.2 Å². The Morgan fingerprint density at radius 1 is 1.02 bits per heavy atom. The molecule has 0 unspecified atom stereocenters. The zero-order chi connectivity index (χ0) is 29.6. The van der Waals surface area contributed by atoms with Gasteiger partial charge in [-0.25, -0.2) is 4.79 Å². The molecular formula is C29H39F3N4O4. The van der Waals surface area contributed by atoms with Gasteiger partial charge in [-0.2, -0.15) is 18.2 Å². The third-order valence-electron chi connectivity index (χ3n) is 7.09. The molecule has 2 aliphatic rings. The van der Waals surface area contributed by atoms with Crippen LogP contribution in [0.1, 0.15) is 82.4 Å². The maximum Gasteiger partial charge on any atom is 0.416 e. The molecule has 220 valence electrons. The molecule has 40 heavy (non-hydrogen) atoms. The molecule has 1 aliphatic carbocycles. The van der Waals surface area contributed by atoms with Gasteiger partial charge >= 0.3 is 12.3 Å². The van der Waals surface area contributed by atoms with Crippen LogP contribution in [0.25, 0.3) is 0 Å². The number of halogens is 3. The van der Waals surface area contributed by atoms with Crippen LogP contribution >= 0.6 is 0 Å². The molecule has 0 N–H and O–H groups in total. The summed E-state index contributed by atoms with van der Waals surface area (Å²) >= 11 is 0. The first-order valence-electron chi connectivity index (χ1n) is 13.6. The predicted molar refractivity (Wildman–Crippen MR) is 143 cm³/mol. The second-order valence-electron chi connectivity index (χ2n) is 12.7. The largest absolute Gasteiger partial charge is 0.491 e. The Labute approximate surface area is 232 Å². The molecular weight excluding hydrogens is 525 g/mol. The zero-order valence-corrected chi connectivity index (χ0v) is 24.3. The molecule has 1 saturated heterocycles. The molecule has 4 rings (SSSR count). The van der Waals surface area contributed by atoms with Gasteiger partial charge in [-0.15, -0.1) is 0 Å². The number of hydrogen-bond acceptors (Lipinski definition) is 4. The number of carbonyl (C=O) groups is 2. The Balaban J connectivity index is 1.64. The Kier molecular flexibility index (Phi) is 7.90. The van der Waals surface area contributed by atoms with Gasteiger partial charge in [0.1, 0.15) is 18.0 Å². The lowest BCUT2D eigenvalue weighted by Gasteiger charge is -2.41. The van der Waals surface area contributed by atoms with Crippen LogP contribution in [0.15, 0.2) is 29.3 Å². The smallest absolute Gasteiger partial charge is 0.416 e. The summed E-state index contributed by atoms with van der Waals surface area (Å²) in [5, 5.41) is 0. The number of nitrogens with zero attached hydrogens (tertiary/aromatic N) is 4. The van der Waals surface area contributed by atoms with Crippen molar-refractivity contribution in [2.75, 3.05) is 13.2 Å². The monoisotopic (exact) mass is 564 g/mol. The van der Waals surface area contributed by atoms with Crippen molar-refractivity contribution in [3.05, 3.63) is 46.6 Å². The van der Waals surface area contributed by atoms with Crippen molar-refractivity contribution in [2.45, 2.75) is 90.6 Å². The summed E-state index contributed by atoms with van der Waals surface area (Å²) in [5.74, 6) is -0.355. The number of hydrogen-bond donors (Lipinski definition) is 0. The highest BCUT2D eigenvalue weighted by molar-refractivity contribution is 5.97. The van der Waals surface area contributed by atoms with E-state index in [0.29, 0.717) is 30.9 Å². The second kappa shape index (κ2) is 10.6. The first-order chi connectivity index (χ1) is 18.4. The summed E-state index contributed by atoms with van der Waals surface area (Å²) in [5.41, 5.74) is -0.795. The standard InChI is InChI=1S/C29H39F3N4O4/c1-27(2,3)23-15-24(36(34(23)7)16-18-8-9-18)33-25(37)21-14-19(29(30,31)32)10-11-22(21)39-17-20-12-13-35(20)26(38)40-28(4,5)6/h10-11,14-15,18,20H,8-9,12-13,16-17H2,1-7H3/t20-/m0/s1. The lowest BCUT2D eigenvalue weighted by Crippen LogP contribution is -2.55. The van der Waals surface area contributed by atoms with Crippen molar-refractivity contribution in [3.8, 4) is 5.75 Å². The van der Waals surface area contributed by atoms with Gasteiger partial charge in [0.15, 0.2) is 5.49 Å². The molecule has 1 aromatic carbocycles. The highest BCUT2D eigenvalue weighted by atomic mass is 19.4. The van der Waals surface area contributed by atoms with Gasteiger partial charge in [0, 0.05) is 37.3 Å². The van der Waals surface area contributed by atoms with Crippen LogP contribution in [-0.2, 0) is 29.9 Å². The number of alkyl halides is 3. The van der Waals surface area contributed by atoms with Crippen molar-refractivity contribution in [3.63, 3.8) is 0 Å². The molecule has 2 fully saturated rings. The minimum absolute atomic E-state index is 0.00603. The molecule has 1 aromatic heterocycles. The van der Waals surface area contributed by atoms with Gasteiger partial charge < -0.3 is 14.4 Å². The number of carbonyl (C=O) groups excluding carboxylic acids is 2. The highest BCUT2D eigenvalue weighted by Crippen LogP contribution is 2.34. The number of likely N-dealkylation sites (tertiary alicyclic amines) is 1. The Hall–Kier alpha value is -3.24. The molecule has 8 nitrogen and oxygen atoms in total. The minimum atomic E-state index is -4.65. The fraction of sp³-hybridized carbons (Fsp3) is 0.621. The van der Waals surface area contributed by atoms with Crippen LogP contribution in [-0.4, -0.2) is 51.1 Å². The quantitative estimate of drug-likeness (QED) is 0.452. The van der Waals surface area contributed by atoms with Crippen LogP contribution in [0, 0.1) is 5.92 Å². The average Bonchev–Trinajstić information content (AvgIpc) is 3.55. The second-order valence-corrected chi connectivity index (χ2v) is 12.7. The Morgan fingerprint density at radius 2 is 1.70 bits per heavy atom. The normalized spacial score (nSPS) is 18.5. The van der Waals surface area contributed by atoms with E-state index in [0.717, 1.165) is 36.7 Å². The summed E-state index contributed by atoms with van der Waals surface area (Å²) in [6, 6.07) is 4.31. The van der Waals surface area contributed by atoms with Crippen molar-refractivity contribution in [2.24, 2.45) is 18.0 Å². The van der Waals surface area contributed by atoms with Crippen molar-refractivity contribution in [1.29, 1.82) is 0 Å². The fourth-order valence-electron chi connectivity index (χ4n) is 4.65. The van der Waals surface area contributed by atoms with E-state index < -0.39 is 29.3 Å². The number of aromatic nitrogens is 2. The molecule has 0 radical (unpaired) electrons. The van der Waals surface area contributed by atoms with E-state index >= 15 is 0 Å². The summed E-state index contributed by atoms with van der Waals surface area (Å²) in [4.78, 5) is 31.8. The molecule has 0 spiro atoms. The van der Waals surface area contributed by atoms with Gasteiger partial charge in [0.25, 0.3) is 5.91 Å². The van der Waals surface area contributed by atoms with Gasteiger partial charge in [-0.3, -0.25) is 14.2 Å². The molecule has 1 aliphatic heterocycles. The number of ether oxygens (including phenoxy) is 2. The third-order valence-corrected chi connectivity index (χ3v) is 7.09. The van der Waals surface area contributed by atoms with Crippen LogP contribution in [0.5, 0.6) is 5.75 Å². The third kappa shape index (κ3) is 6.90. The molecule has 1 atom stereocenters. The van der Waals surface area contributed by atoms with E-state index in [9.17, 15) is 22.8 Å². The van der Waals surface area contributed by atoms with Gasteiger partial charge in [-0.1, -0.05) is 20.8 Å². The summed E-state index contributed by atoms with van der Waals surface area (Å²) in [6.45, 7) is 12.6. The maximum atomic E-state index is 13.6. The molecule has 0 bridgehead atoms. The zero-order valence-electron chi connectivity index (χ0n) is 24.3. The molecule has 2 aromatic rings. The van der Waals surface area contributed by atoms with Gasteiger partial charge in [0.2, 0.25) is 0 Å². The van der Waals surface area contributed by atoms with E-state index in [1.165, 1.54) is 4.90 Å². The SMILES string of the molecule is Cn1c(C(C)(C)C)cc(=NC(=O)c2cc(C(F)(F)F)ccc2OC[C@@H]2CCN2C(=O)OC(C)(C)C)n1CC1CC1. The first-order valence-corrected chi connectivity index (χ1v) is 13.6. The lowest BCUT2D eigenvalue weighted by atomic mass is 9.92. The van der Waals surface area contributed by atoms with E-state index in [4.69, 9.17) is 9.47 Å². The number of amides is 2. The number of benzene rings is 1. The summed E-state index contributed by atoms with van der Waals surface area (Å²) in [6.07, 6.45) is -2.31. The first kappa shape index (κ1) is 29.7. The van der Waals surface area contributed by atoms with E-state index in [1.807, 2.05) is 22.5 Å². The molecule has 2 amide bonds. The van der Waals surface area contributed by atoms with E-state index in [2.05, 4.69) is 25.8 Å². The van der Waals surface area contributed by atoms with Crippen molar-refractivity contribution < 1.29 is 32.2 Å². The molecule has 1 saturated carbocycles. The van der Waals surface area contributed by atoms with Crippen LogP contribution in [0.4, 0.5) is 18.0 Å². The maximum absolute atomic E-state index is 13.6. The Bertz CT molecular complexity index is 1340. The van der Waals surface area contributed by atoms with Gasteiger partial charge in [-0.05, 0) is 64.2 Å². The predicted octanol–water partition coefficient (Wildman–Crippen LogP) is 5.68.